The van der Waals surface area contributed by atoms with Gasteiger partial charge in [-0.05, 0) is 51.4 Å². The molecule has 9 heteroatoms. The van der Waals surface area contributed by atoms with Crippen molar-refractivity contribution in [3.8, 4) is 0 Å². The highest BCUT2D eigenvalue weighted by Crippen LogP contribution is 2.24. The van der Waals surface area contributed by atoms with Gasteiger partial charge in [0, 0.05) is 6.42 Å². The topological polar surface area (TPSA) is 149 Å². The lowest BCUT2D eigenvalue weighted by Crippen LogP contribution is -2.60. The summed E-state index contributed by atoms with van der Waals surface area (Å²) in [6, 6.07) is -0.725. The molecular weight excluding hydrogens is 935 g/mol. The van der Waals surface area contributed by atoms with Gasteiger partial charge in [0.25, 0.3) is 0 Å². The zero-order chi connectivity index (χ0) is 54.3. The van der Waals surface area contributed by atoms with Gasteiger partial charge in [0.1, 0.15) is 24.4 Å². The standard InChI is InChI=1S/C66H125NO8/c1-3-5-7-9-11-13-15-17-19-21-23-25-27-28-29-30-31-32-34-35-37-39-41-43-45-47-49-51-53-55-60(69)59(58-74-66-65(73)64(72)63(71)61(57-68)75-66)67-62(70)56-54-52-50-48-46-44-42-40-38-36-33-26-24-22-20-18-16-14-12-10-8-6-4-2/h16,18,22,24,33,36,59-61,63-66,68-69,71-73H,3-15,17,19-21,23,25-32,34-35,37-58H2,1-2H3,(H,67,70)/b18-16-,24-22-,36-33-. The average molecular weight is 1060 g/mol. The number of unbranched alkanes of at least 4 members (excludes halogenated alkanes) is 41. The van der Waals surface area contributed by atoms with Crippen LogP contribution in [0.5, 0.6) is 0 Å². The number of hydrogen-bond donors (Lipinski definition) is 6. The van der Waals surface area contributed by atoms with E-state index in [2.05, 4.69) is 55.6 Å². The van der Waals surface area contributed by atoms with Gasteiger partial charge >= 0.3 is 0 Å². The van der Waals surface area contributed by atoms with Crippen molar-refractivity contribution in [1.82, 2.24) is 5.32 Å². The molecule has 1 saturated heterocycles. The van der Waals surface area contributed by atoms with Crippen molar-refractivity contribution < 1.29 is 39.8 Å². The van der Waals surface area contributed by atoms with E-state index in [1.807, 2.05) is 0 Å². The molecule has 75 heavy (non-hydrogen) atoms. The smallest absolute Gasteiger partial charge is 0.220 e. The molecule has 1 rings (SSSR count). The molecule has 1 amide bonds. The van der Waals surface area contributed by atoms with E-state index >= 15 is 0 Å². The fourth-order valence-corrected chi connectivity index (χ4v) is 10.6. The van der Waals surface area contributed by atoms with Crippen LogP contribution in [0.25, 0.3) is 0 Å². The first kappa shape index (κ1) is 71.4. The van der Waals surface area contributed by atoms with E-state index in [9.17, 15) is 30.3 Å². The summed E-state index contributed by atoms with van der Waals surface area (Å²) >= 11 is 0. The van der Waals surface area contributed by atoms with Crippen molar-refractivity contribution >= 4 is 5.91 Å². The van der Waals surface area contributed by atoms with Crippen molar-refractivity contribution in [2.24, 2.45) is 0 Å². The maximum absolute atomic E-state index is 13.1. The zero-order valence-electron chi connectivity index (χ0n) is 49.3. The van der Waals surface area contributed by atoms with Crippen LogP contribution in [0.1, 0.15) is 322 Å². The number of carbonyl (C=O) groups excluding carboxylic acids is 1. The van der Waals surface area contributed by atoms with Crippen LogP contribution in [0, 0.1) is 0 Å². The van der Waals surface area contributed by atoms with Crippen molar-refractivity contribution in [3.63, 3.8) is 0 Å². The molecule has 0 saturated carbocycles. The van der Waals surface area contributed by atoms with Crippen LogP contribution in [-0.4, -0.2) is 87.5 Å². The summed E-state index contributed by atoms with van der Waals surface area (Å²) in [6.45, 7) is 3.86. The number of amides is 1. The van der Waals surface area contributed by atoms with E-state index in [4.69, 9.17) is 9.47 Å². The Balaban J connectivity index is 2.15. The molecule has 6 N–H and O–H groups in total. The Morgan fingerprint density at radius 2 is 0.787 bits per heavy atom. The minimum Gasteiger partial charge on any atom is -0.394 e. The second-order valence-corrected chi connectivity index (χ2v) is 22.9. The van der Waals surface area contributed by atoms with Crippen molar-refractivity contribution in [3.05, 3.63) is 36.5 Å². The van der Waals surface area contributed by atoms with Gasteiger partial charge in [-0.2, -0.15) is 0 Å². The highest BCUT2D eigenvalue weighted by molar-refractivity contribution is 5.76. The van der Waals surface area contributed by atoms with Gasteiger partial charge in [0.15, 0.2) is 6.29 Å². The Labute approximate surface area is 463 Å². The van der Waals surface area contributed by atoms with Crippen molar-refractivity contribution in [2.75, 3.05) is 13.2 Å². The van der Waals surface area contributed by atoms with Gasteiger partial charge in [0.2, 0.25) is 5.91 Å². The van der Waals surface area contributed by atoms with Gasteiger partial charge in [-0.3, -0.25) is 4.79 Å². The maximum Gasteiger partial charge on any atom is 0.220 e. The Bertz CT molecular complexity index is 1270. The largest absolute Gasteiger partial charge is 0.394 e. The van der Waals surface area contributed by atoms with Crippen LogP contribution in [0.3, 0.4) is 0 Å². The molecule has 1 fully saturated rings. The van der Waals surface area contributed by atoms with Crippen LogP contribution < -0.4 is 5.32 Å². The number of rotatable bonds is 57. The SMILES string of the molecule is CCCCCCC/C=C\C/C=C\C/C=C\CCCCCCCCCCC(=O)NC(COC1OC(CO)C(O)C(O)C1O)C(O)CCCCCCCCCCCCCCCCCCCCCCCCCCCCCCC. The fourth-order valence-electron chi connectivity index (χ4n) is 10.6. The van der Waals surface area contributed by atoms with E-state index in [0.717, 1.165) is 57.8 Å². The Hall–Kier alpha value is -1.59. The molecule has 0 aromatic heterocycles. The zero-order valence-corrected chi connectivity index (χ0v) is 49.3. The van der Waals surface area contributed by atoms with Crippen LogP contribution in [-0.2, 0) is 14.3 Å². The molecule has 0 aromatic rings. The second kappa shape index (κ2) is 55.7. The molecule has 0 radical (unpaired) electrons. The first-order chi connectivity index (χ1) is 36.8. The van der Waals surface area contributed by atoms with Crippen LogP contribution in [0.4, 0.5) is 0 Å². The van der Waals surface area contributed by atoms with E-state index < -0.39 is 49.5 Å². The van der Waals surface area contributed by atoms with Gasteiger partial charge in [-0.1, -0.05) is 301 Å². The molecule has 0 spiro atoms. The average Bonchev–Trinajstić information content (AvgIpc) is 3.41. The summed E-state index contributed by atoms with van der Waals surface area (Å²) in [4.78, 5) is 13.1. The lowest BCUT2D eigenvalue weighted by atomic mass is 9.99. The van der Waals surface area contributed by atoms with E-state index in [1.165, 1.54) is 238 Å². The van der Waals surface area contributed by atoms with Crippen LogP contribution >= 0.6 is 0 Å². The van der Waals surface area contributed by atoms with Crippen molar-refractivity contribution in [2.45, 2.75) is 365 Å². The van der Waals surface area contributed by atoms with Gasteiger partial charge in [0.05, 0.1) is 25.4 Å². The quantitative estimate of drug-likeness (QED) is 0.0261. The molecule has 1 aliphatic heterocycles. The molecule has 0 aliphatic carbocycles. The molecule has 0 aromatic carbocycles. The number of nitrogens with one attached hydrogen (secondary N) is 1. The summed E-state index contributed by atoms with van der Waals surface area (Å²) in [5.41, 5.74) is 0. The normalized spacial score (nSPS) is 19.1. The van der Waals surface area contributed by atoms with Crippen molar-refractivity contribution in [1.29, 1.82) is 0 Å². The van der Waals surface area contributed by atoms with Crippen LogP contribution in [0.2, 0.25) is 0 Å². The fraction of sp³-hybridized carbons (Fsp3) is 0.894. The third kappa shape index (κ3) is 44.9. The summed E-state index contributed by atoms with van der Waals surface area (Å²) < 4.78 is 11.3. The van der Waals surface area contributed by atoms with E-state index in [0.29, 0.717) is 12.8 Å². The van der Waals surface area contributed by atoms with Gasteiger partial charge in [-0.15, -0.1) is 0 Å². The number of ether oxygens (including phenoxy) is 2. The molecule has 7 unspecified atom stereocenters. The summed E-state index contributed by atoms with van der Waals surface area (Å²) in [6.07, 6.45) is 66.2. The lowest BCUT2D eigenvalue weighted by Gasteiger charge is -2.40. The molecule has 442 valence electrons. The predicted molar refractivity (Wildman–Crippen MR) is 318 cm³/mol. The minimum absolute atomic E-state index is 0.140. The van der Waals surface area contributed by atoms with E-state index in [-0.39, 0.29) is 12.5 Å². The van der Waals surface area contributed by atoms with Crippen LogP contribution in [0.15, 0.2) is 36.5 Å². The maximum atomic E-state index is 13.1. The molecule has 1 heterocycles. The number of allylic oxidation sites excluding steroid dienone is 6. The van der Waals surface area contributed by atoms with Gasteiger partial charge < -0.3 is 40.3 Å². The molecule has 1 aliphatic rings. The summed E-state index contributed by atoms with van der Waals surface area (Å²) in [7, 11) is 0. The number of hydrogen-bond acceptors (Lipinski definition) is 8. The Kier molecular flexibility index (Phi) is 53.1. The number of aliphatic hydroxyl groups excluding tert-OH is 5. The molecule has 0 bridgehead atoms. The minimum atomic E-state index is -1.56. The Morgan fingerprint density at radius 1 is 0.453 bits per heavy atom. The molecular formula is C66H125NO8. The predicted octanol–water partition coefficient (Wildman–Crippen LogP) is 17.1. The number of carbonyl (C=O) groups is 1. The lowest BCUT2D eigenvalue weighted by molar-refractivity contribution is -0.302. The monoisotopic (exact) mass is 1060 g/mol. The molecule has 7 atom stereocenters. The van der Waals surface area contributed by atoms with Gasteiger partial charge in [-0.25, -0.2) is 0 Å². The first-order valence-electron chi connectivity index (χ1n) is 32.7. The highest BCUT2D eigenvalue weighted by Gasteiger charge is 2.44. The first-order valence-corrected chi connectivity index (χ1v) is 32.7. The molecule has 9 nitrogen and oxygen atoms in total. The summed E-state index contributed by atoms with van der Waals surface area (Å²) in [5.74, 6) is -0.147. The highest BCUT2D eigenvalue weighted by atomic mass is 16.7. The summed E-state index contributed by atoms with van der Waals surface area (Å²) in [5, 5.41) is 54.8. The third-order valence-corrected chi connectivity index (χ3v) is 15.7. The van der Waals surface area contributed by atoms with E-state index in [1.54, 1.807) is 0 Å². The second-order valence-electron chi connectivity index (χ2n) is 22.9. The third-order valence-electron chi connectivity index (χ3n) is 15.7. The number of aliphatic hydroxyl groups is 5. The Morgan fingerprint density at radius 3 is 1.16 bits per heavy atom.